The largest absolute Gasteiger partial charge is 0.493 e. The van der Waals surface area contributed by atoms with Crippen molar-refractivity contribution in [2.45, 2.75) is 36.1 Å². The van der Waals surface area contributed by atoms with Crippen LogP contribution in [0.1, 0.15) is 41.9 Å². The summed E-state index contributed by atoms with van der Waals surface area (Å²) in [5, 5.41) is 3.62. The molecule has 1 atom stereocenters. The molecule has 35 heavy (non-hydrogen) atoms. The van der Waals surface area contributed by atoms with Gasteiger partial charge in [0.1, 0.15) is 11.6 Å². The summed E-state index contributed by atoms with van der Waals surface area (Å²) >= 11 is 1.24. The van der Waals surface area contributed by atoms with E-state index in [-0.39, 0.29) is 17.2 Å². The molecule has 3 aromatic rings. The van der Waals surface area contributed by atoms with Gasteiger partial charge in [-0.2, -0.15) is 0 Å². The molecule has 0 spiro atoms. The van der Waals surface area contributed by atoms with Crippen molar-refractivity contribution in [1.82, 2.24) is 9.97 Å². The van der Waals surface area contributed by atoms with Crippen molar-refractivity contribution < 1.29 is 18.7 Å². The number of carbonyl (C=O) groups excluding carboxylic acids is 1. The second-order valence-electron chi connectivity index (χ2n) is 8.32. The molecule has 1 unspecified atom stereocenters. The third kappa shape index (κ3) is 4.20. The minimum Gasteiger partial charge on any atom is -0.493 e. The van der Waals surface area contributed by atoms with Gasteiger partial charge < -0.3 is 19.8 Å². The SMILES string of the molecule is COc1cccc(C2C3=C(CCCC3=O)Nc3nc(SCc4ccccc4F)[nH]c(=O)c32)c1OC. The number of nitrogens with zero attached hydrogens (tertiary/aromatic N) is 1. The van der Waals surface area contributed by atoms with Crippen LogP contribution in [-0.2, 0) is 10.5 Å². The summed E-state index contributed by atoms with van der Waals surface area (Å²) < 4.78 is 25.2. The minimum absolute atomic E-state index is 0.00308. The van der Waals surface area contributed by atoms with Crippen LogP contribution in [0.15, 0.2) is 63.7 Å². The molecule has 2 aromatic carbocycles. The first-order valence-corrected chi connectivity index (χ1v) is 12.2. The maximum atomic E-state index is 14.1. The summed E-state index contributed by atoms with van der Waals surface area (Å²) in [4.78, 5) is 34.1. The Morgan fingerprint density at radius 1 is 1.09 bits per heavy atom. The lowest BCUT2D eigenvalue weighted by atomic mass is 9.76. The summed E-state index contributed by atoms with van der Waals surface area (Å²) in [5.41, 5.74) is 2.50. The molecule has 0 saturated carbocycles. The van der Waals surface area contributed by atoms with Gasteiger partial charge in [0.15, 0.2) is 22.4 Å². The predicted octanol–water partition coefficient (Wildman–Crippen LogP) is 4.78. The third-order valence-corrected chi connectivity index (χ3v) is 7.23. The van der Waals surface area contributed by atoms with E-state index in [1.54, 1.807) is 31.4 Å². The van der Waals surface area contributed by atoms with E-state index in [1.165, 1.54) is 24.9 Å². The van der Waals surface area contributed by atoms with E-state index in [2.05, 4.69) is 15.3 Å². The van der Waals surface area contributed by atoms with E-state index in [0.717, 1.165) is 12.1 Å². The number of fused-ring (bicyclic) bond motifs is 1. The van der Waals surface area contributed by atoms with Crippen molar-refractivity contribution in [3.05, 3.63) is 86.6 Å². The molecule has 1 aromatic heterocycles. The number of aromatic amines is 1. The molecule has 0 bridgehead atoms. The van der Waals surface area contributed by atoms with Crippen molar-refractivity contribution in [1.29, 1.82) is 0 Å². The van der Waals surface area contributed by atoms with E-state index in [4.69, 9.17) is 9.47 Å². The first-order valence-electron chi connectivity index (χ1n) is 11.3. The van der Waals surface area contributed by atoms with Crippen LogP contribution in [0.25, 0.3) is 0 Å². The highest BCUT2D eigenvalue weighted by Crippen LogP contribution is 2.48. The number of anilines is 1. The number of nitrogens with one attached hydrogen (secondary N) is 2. The third-order valence-electron chi connectivity index (χ3n) is 6.30. The zero-order chi connectivity index (χ0) is 24.5. The number of para-hydroxylation sites is 1. The topological polar surface area (TPSA) is 93.3 Å². The molecular formula is C26H24FN3O4S. The number of H-pyrrole nitrogens is 1. The Bertz CT molecular complexity index is 1400. The molecule has 0 saturated heterocycles. The Kier molecular flexibility index (Phi) is 6.34. The number of Topliss-reactive ketones (excluding diaryl/α,β-unsaturated/α-hetero) is 1. The van der Waals surface area contributed by atoms with Gasteiger partial charge in [0, 0.05) is 29.0 Å². The van der Waals surface area contributed by atoms with Gasteiger partial charge >= 0.3 is 0 Å². The Hall–Kier alpha value is -3.59. The summed E-state index contributed by atoms with van der Waals surface area (Å²) in [6.07, 6.45) is 1.82. The second kappa shape index (κ2) is 9.58. The van der Waals surface area contributed by atoms with Crippen LogP contribution in [-0.4, -0.2) is 30.0 Å². The molecule has 0 fully saturated rings. The maximum absolute atomic E-state index is 14.1. The minimum atomic E-state index is -0.652. The molecule has 2 aliphatic rings. The lowest BCUT2D eigenvalue weighted by molar-refractivity contribution is -0.116. The van der Waals surface area contributed by atoms with Crippen LogP contribution < -0.4 is 20.3 Å². The first-order chi connectivity index (χ1) is 17.0. The van der Waals surface area contributed by atoms with Gasteiger partial charge in [-0.3, -0.25) is 9.59 Å². The maximum Gasteiger partial charge on any atom is 0.257 e. The molecule has 1 aliphatic heterocycles. The van der Waals surface area contributed by atoms with Crippen LogP contribution in [0.5, 0.6) is 11.5 Å². The quantitative estimate of drug-likeness (QED) is 0.377. The summed E-state index contributed by atoms with van der Waals surface area (Å²) in [7, 11) is 3.08. The number of ketones is 1. The van der Waals surface area contributed by atoms with E-state index >= 15 is 0 Å². The zero-order valence-electron chi connectivity index (χ0n) is 19.3. The fourth-order valence-corrected chi connectivity index (χ4v) is 5.57. The number of thioether (sulfide) groups is 1. The Balaban J connectivity index is 1.62. The molecule has 2 N–H and O–H groups in total. The highest BCUT2D eigenvalue weighted by Gasteiger charge is 2.39. The summed E-state index contributed by atoms with van der Waals surface area (Å²) in [6, 6.07) is 11.9. The van der Waals surface area contributed by atoms with E-state index in [1.807, 2.05) is 12.1 Å². The fraction of sp³-hybridized carbons (Fsp3) is 0.269. The Morgan fingerprint density at radius 2 is 1.91 bits per heavy atom. The number of methoxy groups -OCH3 is 2. The van der Waals surface area contributed by atoms with E-state index in [0.29, 0.717) is 63.3 Å². The smallest absolute Gasteiger partial charge is 0.257 e. The second-order valence-corrected chi connectivity index (χ2v) is 9.29. The van der Waals surface area contributed by atoms with Gasteiger partial charge in [-0.15, -0.1) is 0 Å². The van der Waals surface area contributed by atoms with Gasteiger partial charge in [0.2, 0.25) is 0 Å². The number of halogens is 1. The van der Waals surface area contributed by atoms with Crippen molar-refractivity contribution in [2.24, 2.45) is 0 Å². The first kappa shape index (κ1) is 23.2. The summed E-state index contributed by atoms with van der Waals surface area (Å²) in [6.45, 7) is 0. The number of hydrogen-bond acceptors (Lipinski definition) is 7. The summed E-state index contributed by atoms with van der Waals surface area (Å²) in [5.74, 6) is 0.728. The lowest BCUT2D eigenvalue weighted by Gasteiger charge is -2.33. The standard InChI is InChI=1S/C26H24FN3O4S/c1-33-19-12-5-8-15(23(19)34-2)20-21-17(10-6-11-18(21)31)28-24-22(20)25(32)30-26(29-24)35-13-14-7-3-4-9-16(14)27/h3-5,7-9,12,20H,6,10-11,13H2,1-2H3,(H2,28,29,30,32). The normalized spacial score (nSPS) is 16.9. The van der Waals surface area contributed by atoms with Crippen LogP contribution in [0.2, 0.25) is 0 Å². The molecule has 180 valence electrons. The van der Waals surface area contributed by atoms with E-state index in [9.17, 15) is 14.0 Å². The van der Waals surface area contributed by atoms with Crippen LogP contribution >= 0.6 is 11.8 Å². The van der Waals surface area contributed by atoms with Crippen molar-refractivity contribution in [3.63, 3.8) is 0 Å². The van der Waals surface area contributed by atoms with Gasteiger partial charge in [-0.05, 0) is 30.5 Å². The molecular weight excluding hydrogens is 469 g/mol. The number of rotatable bonds is 6. The fourth-order valence-electron chi connectivity index (χ4n) is 4.72. The molecule has 2 heterocycles. The van der Waals surface area contributed by atoms with Gasteiger partial charge in [0.25, 0.3) is 5.56 Å². The lowest BCUT2D eigenvalue weighted by Crippen LogP contribution is -2.33. The number of allylic oxidation sites excluding steroid dienone is 2. The molecule has 9 heteroatoms. The molecule has 7 nitrogen and oxygen atoms in total. The van der Waals surface area contributed by atoms with Gasteiger partial charge in [0.05, 0.1) is 25.7 Å². The highest BCUT2D eigenvalue weighted by molar-refractivity contribution is 7.98. The van der Waals surface area contributed by atoms with E-state index < -0.39 is 5.92 Å². The predicted molar refractivity (Wildman–Crippen MR) is 132 cm³/mol. The molecule has 0 amide bonds. The monoisotopic (exact) mass is 493 g/mol. The van der Waals surface area contributed by atoms with Crippen LogP contribution in [0.3, 0.4) is 0 Å². The molecule has 5 rings (SSSR count). The highest BCUT2D eigenvalue weighted by atomic mass is 32.2. The number of benzene rings is 2. The van der Waals surface area contributed by atoms with Crippen molar-refractivity contribution in [3.8, 4) is 11.5 Å². The number of carbonyl (C=O) groups is 1. The molecule has 0 radical (unpaired) electrons. The van der Waals surface area contributed by atoms with Gasteiger partial charge in [-0.25, -0.2) is 9.37 Å². The van der Waals surface area contributed by atoms with Crippen LogP contribution in [0, 0.1) is 5.82 Å². The number of hydrogen-bond donors (Lipinski definition) is 2. The Morgan fingerprint density at radius 3 is 2.69 bits per heavy atom. The van der Waals surface area contributed by atoms with Crippen molar-refractivity contribution in [2.75, 3.05) is 19.5 Å². The van der Waals surface area contributed by atoms with Crippen LogP contribution in [0.4, 0.5) is 10.2 Å². The Labute approximate surface area is 205 Å². The number of ether oxygens (including phenoxy) is 2. The van der Waals surface area contributed by atoms with Crippen molar-refractivity contribution >= 4 is 23.4 Å². The zero-order valence-corrected chi connectivity index (χ0v) is 20.1. The van der Waals surface area contributed by atoms with Gasteiger partial charge in [-0.1, -0.05) is 42.1 Å². The average Bonchev–Trinajstić information content (AvgIpc) is 2.86. The average molecular weight is 494 g/mol. The number of aromatic nitrogens is 2. The molecule has 1 aliphatic carbocycles.